The molecule has 0 radical (unpaired) electrons. The van der Waals surface area contributed by atoms with E-state index in [1.54, 1.807) is 0 Å². The predicted molar refractivity (Wildman–Crippen MR) is 85.7 cm³/mol. The Labute approximate surface area is 139 Å². The summed E-state index contributed by atoms with van der Waals surface area (Å²) in [7, 11) is 0. The van der Waals surface area contributed by atoms with Crippen molar-refractivity contribution >= 4 is 17.6 Å². The van der Waals surface area contributed by atoms with Crippen LogP contribution in [0.5, 0.6) is 0 Å². The molecule has 1 spiro atoms. The monoisotopic (exact) mass is 330 g/mol. The lowest BCUT2D eigenvalue weighted by Crippen LogP contribution is -2.44. The summed E-state index contributed by atoms with van der Waals surface area (Å²) < 4.78 is 13.7. The molecule has 2 aliphatic rings. The quantitative estimate of drug-likeness (QED) is 0.641. The highest BCUT2D eigenvalue weighted by atomic mass is 19.1. The zero-order chi connectivity index (χ0) is 17.2. The summed E-state index contributed by atoms with van der Waals surface area (Å²) in [6.45, 7) is 0.726. The Morgan fingerprint density at radius 1 is 1.33 bits per heavy atom. The van der Waals surface area contributed by atoms with Gasteiger partial charge >= 0.3 is 6.03 Å². The maximum atomic E-state index is 13.7. The molecule has 1 aromatic rings. The van der Waals surface area contributed by atoms with E-state index in [-0.39, 0.29) is 17.5 Å². The van der Waals surface area contributed by atoms with E-state index in [1.807, 2.05) is 6.07 Å². The van der Waals surface area contributed by atoms with E-state index in [0.29, 0.717) is 38.0 Å². The summed E-state index contributed by atoms with van der Waals surface area (Å²) in [5.41, 5.74) is -0.110. The lowest BCUT2D eigenvalue weighted by molar-refractivity contribution is -0.131. The largest absolute Gasteiger partial charge is 0.383 e. The third kappa shape index (κ3) is 2.92. The third-order valence-electron chi connectivity index (χ3n) is 4.68. The van der Waals surface area contributed by atoms with Crippen molar-refractivity contribution in [3.05, 3.63) is 29.6 Å². The van der Waals surface area contributed by atoms with Crippen LogP contribution in [-0.4, -0.2) is 35.5 Å². The first-order chi connectivity index (χ1) is 11.6. The van der Waals surface area contributed by atoms with Gasteiger partial charge in [-0.25, -0.2) is 9.18 Å². The Bertz CT molecular complexity index is 707. The minimum absolute atomic E-state index is 0.130. The minimum atomic E-state index is -0.677. The molecule has 0 unspecified atom stereocenters. The van der Waals surface area contributed by atoms with Gasteiger partial charge in [-0.2, -0.15) is 5.26 Å². The Morgan fingerprint density at radius 2 is 2.08 bits per heavy atom. The van der Waals surface area contributed by atoms with Crippen LogP contribution < -0.4 is 10.6 Å². The highest BCUT2D eigenvalue weighted by Gasteiger charge is 2.51. The van der Waals surface area contributed by atoms with Gasteiger partial charge in [-0.05, 0) is 37.5 Å². The highest BCUT2D eigenvalue weighted by molar-refractivity contribution is 6.07. The van der Waals surface area contributed by atoms with Crippen molar-refractivity contribution in [2.24, 2.45) is 0 Å². The fourth-order valence-corrected chi connectivity index (χ4v) is 3.38. The van der Waals surface area contributed by atoms with Crippen LogP contribution in [0.25, 0.3) is 0 Å². The zero-order valence-electron chi connectivity index (χ0n) is 13.3. The number of hydrogen-bond acceptors (Lipinski definition) is 4. The van der Waals surface area contributed by atoms with Gasteiger partial charge in [0, 0.05) is 13.1 Å². The second kappa shape index (κ2) is 6.48. The summed E-state index contributed by atoms with van der Waals surface area (Å²) in [4.78, 5) is 25.7. The van der Waals surface area contributed by atoms with Crippen molar-refractivity contribution in [1.29, 1.82) is 5.26 Å². The Balaban J connectivity index is 1.51. The molecule has 6 nitrogen and oxygen atoms in total. The van der Waals surface area contributed by atoms with Crippen LogP contribution in [0.4, 0.5) is 14.9 Å². The minimum Gasteiger partial charge on any atom is -0.383 e. The maximum Gasteiger partial charge on any atom is 0.325 e. The zero-order valence-corrected chi connectivity index (χ0v) is 13.3. The first-order valence-corrected chi connectivity index (χ1v) is 8.13. The first kappa shape index (κ1) is 16.2. The summed E-state index contributed by atoms with van der Waals surface area (Å²) in [5.74, 6) is -0.622. The van der Waals surface area contributed by atoms with Gasteiger partial charge in [0.2, 0.25) is 0 Å². The van der Waals surface area contributed by atoms with Crippen molar-refractivity contribution in [3.63, 3.8) is 0 Å². The molecule has 24 heavy (non-hydrogen) atoms. The van der Waals surface area contributed by atoms with Crippen molar-refractivity contribution in [1.82, 2.24) is 10.2 Å². The Kier molecular flexibility index (Phi) is 4.38. The number of halogens is 1. The van der Waals surface area contributed by atoms with Gasteiger partial charge in [-0.1, -0.05) is 12.8 Å². The molecule has 0 aromatic heterocycles. The molecule has 7 heteroatoms. The van der Waals surface area contributed by atoms with Gasteiger partial charge in [0.25, 0.3) is 5.91 Å². The molecule has 3 amide bonds. The number of nitrogens with one attached hydrogen (secondary N) is 2. The van der Waals surface area contributed by atoms with Crippen LogP contribution in [0.2, 0.25) is 0 Å². The smallest absolute Gasteiger partial charge is 0.325 e. The van der Waals surface area contributed by atoms with Crippen molar-refractivity contribution in [2.45, 2.75) is 37.6 Å². The van der Waals surface area contributed by atoms with Gasteiger partial charge in [-0.15, -0.1) is 0 Å². The summed E-state index contributed by atoms with van der Waals surface area (Å²) in [6, 6.07) is 5.76. The molecular formula is C17H19FN4O2. The van der Waals surface area contributed by atoms with Crippen LogP contribution in [0.3, 0.4) is 0 Å². The van der Waals surface area contributed by atoms with Crippen molar-refractivity contribution in [3.8, 4) is 6.07 Å². The third-order valence-corrected chi connectivity index (χ3v) is 4.68. The number of imide groups is 1. The second-order valence-corrected chi connectivity index (χ2v) is 6.26. The fraction of sp³-hybridized carbons (Fsp3) is 0.471. The van der Waals surface area contributed by atoms with E-state index < -0.39 is 11.4 Å². The summed E-state index contributed by atoms with van der Waals surface area (Å²) in [5, 5.41) is 14.5. The molecule has 1 aromatic carbocycles. The number of anilines is 1. The SMILES string of the molecule is N#Cc1ccc(NCCCN2C(=O)NC3(CCCC3)C2=O)c(F)c1. The van der Waals surface area contributed by atoms with E-state index in [9.17, 15) is 14.0 Å². The molecule has 1 aliphatic heterocycles. The topological polar surface area (TPSA) is 85.2 Å². The van der Waals surface area contributed by atoms with E-state index in [0.717, 1.165) is 12.8 Å². The van der Waals surface area contributed by atoms with Crippen LogP contribution in [0.15, 0.2) is 18.2 Å². The Hall–Kier alpha value is -2.62. The standard InChI is InChI=1S/C17H19FN4O2/c18-13-10-12(11-19)4-5-14(13)20-8-3-9-22-15(23)17(21-16(22)24)6-1-2-7-17/h4-5,10,20H,1-3,6-9H2,(H,21,24). The van der Waals surface area contributed by atoms with E-state index in [4.69, 9.17) is 5.26 Å². The number of benzene rings is 1. The van der Waals surface area contributed by atoms with Crippen molar-refractivity contribution < 1.29 is 14.0 Å². The number of rotatable bonds is 5. The van der Waals surface area contributed by atoms with E-state index >= 15 is 0 Å². The van der Waals surface area contributed by atoms with Crippen LogP contribution in [-0.2, 0) is 4.79 Å². The molecule has 1 aliphatic carbocycles. The van der Waals surface area contributed by atoms with Gasteiger partial charge in [0.1, 0.15) is 11.4 Å². The second-order valence-electron chi connectivity index (χ2n) is 6.26. The first-order valence-electron chi connectivity index (χ1n) is 8.13. The highest BCUT2D eigenvalue weighted by Crippen LogP contribution is 2.35. The average molecular weight is 330 g/mol. The summed E-state index contributed by atoms with van der Waals surface area (Å²) in [6.07, 6.45) is 3.86. The Morgan fingerprint density at radius 3 is 2.75 bits per heavy atom. The molecule has 1 saturated carbocycles. The number of nitriles is 1. The molecule has 2 fully saturated rings. The molecule has 126 valence electrons. The molecule has 3 rings (SSSR count). The van der Waals surface area contributed by atoms with E-state index in [2.05, 4.69) is 10.6 Å². The summed E-state index contributed by atoms with van der Waals surface area (Å²) >= 11 is 0. The number of carbonyl (C=O) groups is 2. The average Bonchev–Trinajstić information content (AvgIpc) is 3.12. The molecular weight excluding hydrogens is 311 g/mol. The van der Waals surface area contributed by atoms with Gasteiger partial charge < -0.3 is 10.6 Å². The number of amides is 3. The number of nitrogens with zero attached hydrogens (tertiary/aromatic N) is 2. The number of hydrogen-bond donors (Lipinski definition) is 2. The van der Waals surface area contributed by atoms with Crippen LogP contribution in [0, 0.1) is 17.1 Å². The van der Waals surface area contributed by atoms with Crippen LogP contribution in [0.1, 0.15) is 37.7 Å². The molecule has 2 N–H and O–H groups in total. The normalized spacial score (nSPS) is 18.8. The molecule has 1 saturated heterocycles. The molecule has 1 heterocycles. The lowest BCUT2D eigenvalue weighted by Gasteiger charge is -2.20. The van der Waals surface area contributed by atoms with E-state index in [1.165, 1.54) is 23.1 Å². The predicted octanol–water partition coefficient (Wildman–Crippen LogP) is 2.36. The number of urea groups is 1. The number of carbonyl (C=O) groups excluding carboxylic acids is 2. The molecule has 0 bridgehead atoms. The molecule has 0 atom stereocenters. The maximum absolute atomic E-state index is 13.7. The van der Waals surface area contributed by atoms with Gasteiger partial charge in [0.05, 0.1) is 17.3 Å². The van der Waals surface area contributed by atoms with Crippen molar-refractivity contribution in [2.75, 3.05) is 18.4 Å². The lowest BCUT2D eigenvalue weighted by atomic mass is 9.98. The van der Waals surface area contributed by atoms with Gasteiger partial charge in [-0.3, -0.25) is 9.69 Å². The van der Waals surface area contributed by atoms with Crippen LogP contribution >= 0.6 is 0 Å². The van der Waals surface area contributed by atoms with Gasteiger partial charge in [0.15, 0.2) is 0 Å². The fourth-order valence-electron chi connectivity index (χ4n) is 3.38.